The highest BCUT2D eigenvalue weighted by Gasteiger charge is 2.65. The van der Waals surface area contributed by atoms with Crippen LogP contribution >= 0.6 is 0 Å². The van der Waals surface area contributed by atoms with Gasteiger partial charge in [-0.25, -0.2) is 13.1 Å². The number of nitrogens with two attached hydrogens (primary N) is 1. The van der Waals surface area contributed by atoms with E-state index in [2.05, 4.69) is 18.6 Å². The molecule has 0 heterocycles. The van der Waals surface area contributed by atoms with Gasteiger partial charge < -0.3 is 10.8 Å². The average Bonchev–Trinajstić information content (AvgIpc) is 3.07. The van der Waals surface area contributed by atoms with Crippen molar-refractivity contribution in [1.29, 1.82) is 0 Å². The molecule has 0 aliphatic heterocycles. The van der Waals surface area contributed by atoms with Gasteiger partial charge in [-0.3, -0.25) is 0 Å². The zero-order chi connectivity index (χ0) is 21.6. The number of rotatable bonds is 7. The van der Waals surface area contributed by atoms with Crippen molar-refractivity contribution in [2.75, 3.05) is 5.75 Å². The van der Waals surface area contributed by atoms with Crippen LogP contribution in [-0.2, 0) is 10.0 Å². The first-order chi connectivity index (χ1) is 14.2. The van der Waals surface area contributed by atoms with Crippen LogP contribution in [0.4, 0.5) is 0 Å². The Morgan fingerprint density at radius 2 is 1.63 bits per heavy atom. The maximum absolute atomic E-state index is 13.4. The van der Waals surface area contributed by atoms with Gasteiger partial charge in [0.2, 0.25) is 10.0 Å². The number of hydrogen-bond donors (Lipinski definition) is 3. The second-order valence-corrected chi connectivity index (χ2v) is 11.3. The maximum Gasteiger partial charge on any atom is 0.212 e. The van der Waals surface area contributed by atoms with Crippen LogP contribution in [0.3, 0.4) is 0 Å². The fourth-order valence-corrected chi connectivity index (χ4v) is 7.97. The summed E-state index contributed by atoms with van der Waals surface area (Å²) >= 11 is 0. The van der Waals surface area contributed by atoms with E-state index in [0.717, 1.165) is 24.0 Å². The van der Waals surface area contributed by atoms with Crippen molar-refractivity contribution < 1.29 is 13.5 Å². The van der Waals surface area contributed by atoms with Gasteiger partial charge in [-0.1, -0.05) is 74.5 Å². The van der Waals surface area contributed by atoms with Crippen molar-refractivity contribution >= 4 is 10.0 Å². The first kappa shape index (κ1) is 21.5. The van der Waals surface area contributed by atoms with E-state index >= 15 is 0 Å². The largest absolute Gasteiger partial charge is 0.392 e. The number of aliphatic hydroxyl groups excluding tert-OH is 1. The Labute approximate surface area is 179 Å². The van der Waals surface area contributed by atoms with Gasteiger partial charge in [0, 0.05) is 5.41 Å². The molecule has 5 nitrogen and oxygen atoms in total. The van der Waals surface area contributed by atoms with Crippen molar-refractivity contribution in [1.82, 2.24) is 4.72 Å². The van der Waals surface area contributed by atoms with Gasteiger partial charge in [-0.05, 0) is 41.7 Å². The number of sulfonamides is 1. The second kappa shape index (κ2) is 7.75. The Morgan fingerprint density at radius 3 is 2.13 bits per heavy atom. The van der Waals surface area contributed by atoms with Crippen molar-refractivity contribution in [2.45, 2.75) is 51.3 Å². The molecule has 2 aliphatic carbocycles. The Morgan fingerprint density at radius 1 is 1.07 bits per heavy atom. The van der Waals surface area contributed by atoms with Crippen molar-refractivity contribution in [3.05, 3.63) is 71.8 Å². The molecular weight excluding hydrogens is 396 g/mol. The zero-order valence-corrected chi connectivity index (χ0v) is 18.5. The molecule has 0 aromatic heterocycles. The highest BCUT2D eigenvalue weighted by atomic mass is 32.2. The van der Waals surface area contributed by atoms with Crippen molar-refractivity contribution in [2.24, 2.45) is 22.5 Å². The van der Waals surface area contributed by atoms with Crippen molar-refractivity contribution in [3.63, 3.8) is 0 Å². The normalized spacial score (nSPS) is 29.6. The quantitative estimate of drug-likeness (QED) is 0.629. The molecule has 0 saturated heterocycles. The summed E-state index contributed by atoms with van der Waals surface area (Å²) in [4.78, 5) is 0. The minimum atomic E-state index is -3.70. The van der Waals surface area contributed by atoms with E-state index in [-0.39, 0.29) is 11.2 Å². The van der Waals surface area contributed by atoms with Gasteiger partial charge in [0.1, 0.15) is 0 Å². The predicted molar refractivity (Wildman–Crippen MR) is 119 cm³/mol. The molecule has 0 radical (unpaired) electrons. The number of hydrogen-bond acceptors (Lipinski definition) is 4. The van der Waals surface area contributed by atoms with Gasteiger partial charge in [0.25, 0.3) is 0 Å². The molecule has 4 N–H and O–H groups in total. The van der Waals surface area contributed by atoms with Crippen LogP contribution in [0.2, 0.25) is 0 Å². The lowest BCUT2D eigenvalue weighted by atomic mass is 9.70. The standard InChI is InChI=1S/C24H32N2O3S/c1-23(2)19-13-14-24(23,20(27)15-19)16-30(28,29)26-22(18-11-7-4-8-12-18)21(25)17-9-5-3-6-10-17/h3-12,19-22,26-27H,13-16,25H2,1-2H3. The molecule has 6 heteroatoms. The summed E-state index contributed by atoms with van der Waals surface area (Å²) in [5.41, 5.74) is 7.45. The van der Waals surface area contributed by atoms with Crippen LogP contribution < -0.4 is 10.5 Å². The van der Waals surface area contributed by atoms with E-state index in [1.807, 2.05) is 60.7 Å². The number of nitrogens with one attached hydrogen (secondary N) is 1. The number of aliphatic hydroxyl groups is 1. The SMILES string of the molecule is CC1(C)C2CCC1(CS(=O)(=O)NC(c1ccccc1)C(N)c1ccccc1)C(O)C2. The molecule has 2 aromatic rings. The topological polar surface area (TPSA) is 92.4 Å². The van der Waals surface area contributed by atoms with Gasteiger partial charge in [-0.2, -0.15) is 0 Å². The molecule has 2 fully saturated rings. The Balaban J connectivity index is 1.64. The third-order valence-electron chi connectivity index (χ3n) is 7.84. The summed E-state index contributed by atoms with van der Waals surface area (Å²) in [6.45, 7) is 4.22. The lowest BCUT2D eigenvalue weighted by Crippen LogP contribution is -2.48. The zero-order valence-electron chi connectivity index (χ0n) is 17.7. The van der Waals surface area contributed by atoms with E-state index in [1.54, 1.807) is 0 Å². The Bertz CT molecular complexity index is 978. The third-order valence-corrected chi connectivity index (χ3v) is 9.35. The summed E-state index contributed by atoms with van der Waals surface area (Å²) in [6.07, 6.45) is 1.83. The summed E-state index contributed by atoms with van der Waals surface area (Å²) in [5, 5.41) is 10.8. The highest BCUT2D eigenvalue weighted by molar-refractivity contribution is 7.89. The lowest BCUT2D eigenvalue weighted by Gasteiger charge is -2.40. The van der Waals surface area contributed by atoms with Crippen molar-refractivity contribution in [3.8, 4) is 0 Å². The molecular formula is C24H32N2O3S. The van der Waals surface area contributed by atoms with Crippen LogP contribution in [0, 0.1) is 16.7 Å². The summed E-state index contributed by atoms with van der Waals surface area (Å²) in [5.74, 6) is 0.300. The first-order valence-corrected chi connectivity index (χ1v) is 12.3. The summed E-state index contributed by atoms with van der Waals surface area (Å²) in [6, 6.07) is 17.9. The fourth-order valence-electron chi connectivity index (χ4n) is 5.83. The Hall–Kier alpha value is -1.73. The molecule has 4 rings (SSSR count). The predicted octanol–water partition coefficient (Wildman–Crippen LogP) is 3.53. The van der Waals surface area contributed by atoms with Gasteiger partial charge in [0.15, 0.2) is 0 Å². The van der Waals surface area contributed by atoms with Crippen LogP contribution in [0.1, 0.15) is 56.3 Å². The molecule has 2 saturated carbocycles. The maximum atomic E-state index is 13.4. The highest BCUT2D eigenvalue weighted by Crippen LogP contribution is 2.66. The molecule has 0 spiro atoms. The van der Waals surface area contributed by atoms with E-state index < -0.39 is 33.6 Å². The molecule has 30 heavy (non-hydrogen) atoms. The Kier molecular flexibility index (Phi) is 5.56. The first-order valence-electron chi connectivity index (χ1n) is 10.7. The third kappa shape index (κ3) is 3.60. The fraction of sp³-hybridized carbons (Fsp3) is 0.500. The minimum Gasteiger partial charge on any atom is -0.392 e. The number of fused-ring (bicyclic) bond motifs is 2. The van der Waals surface area contributed by atoms with Crippen LogP contribution in [0.25, 0.3) is 0 Å². The number of benzene rings is 2. The smallest absolute Gasteiger partial charge is 0.212 e. The van der Waals surface area contributed by atoms with Gasteiger partial charge in [0.05, 0.1) is 23.9 Å². The molecule has 2 aliphatic rings. The van der Waals surface area contributed by atoms with Gasteiger partial charge >= 0.3 is 0 Å². The van der Waals surface area contributed by atoms with E-state index in [1.165, 1.54) is 0 Å². The molecule has 5 atom stereocenters. The average molecular weight is 429 g/mol. The van der Waals surface area contributed by atoms with Gasteiger partial charge in [-0.15, -0.1) is 0 Å². The lowest BCUT2D eigenvalue weighted by molar-refractivity contribution is 0.0151. The second-order valence-electron chi connectivity index (χ2n) is 9.57. The van der Waals surface area contributed by atoms with E-state index in [0.29, 0.717) is 12.3 Å². The monoisotopic (exact) mass is 428 g/mol. The molecule has 2 aromatic carbocycles. The van der Waals surface area contributed by atoms with Crippen LogP contribution in [-0.4, -0.2) is 25.4 Å². The van der Waals surface area contributed by atoms with E-state index in [4.69, 9.17) is 5.73 Å². The molecule has 2 bridgehead atoms. The summed E-state index contributed by atoms with van der Waals surface area (Å²) < 4.78 is 29.8. The summed E-state index contributed by atoms with van der Waals surface area (Å²) in [7, 11) is -3.70. The molecule has 162 valence electrons. The minimum absolute atomic E-state index is 0.0739. The molecule has 0 amide bonds. The van der Waals surface area contributed by atoms with Crippen LogP contribution in [0.5, 0.6) is 0 Å². The molecule has 5 unspecified atom stereocenters. The van der Waals surface area contributed by atoms with E-state index in [9.17, 15) is 13.5 Å². The van der Waals surface area contributed by atoms with Crippen LogP contribution in [0.15, 0.2) is 60.7 Å².